The van der Waals surface area contributed by atoms with Crippen molar-refractivity contribution >= 4 is 11.3 Å². The van der Waals surface area contributed by atoms with Crippen LogP contribution < -0.4 is 5.73 Å². The molecule has 0 fully saturated rings. The molecule has 0 saturated carbocycles. The van der Waals surface area contributed by atoms with Gasteiger partial charge in [0.15, 0.2) is 0 Å². The molecule has 98 valence electrons. The number of rotatable bonds is 4. The Kier molecular flexibility index (Phi) is 4.76. The third-order valence-corrected chi connectivity index (χ3v) is 4.39. The van der Waals surface area contributed by atoms with Gasteiger partial charge in [0, 0.05) is 12.1 Å². The van der Waals surface area contributed by atoms with Crippen LogP contribution in [0, 0.1) is 5.41 Å². The summed E-state index contributed by atoms with van der Waals surface area (Å²) in [7, 11) is 2.18. The average molecular weight is 254 g/mol. The first kappa shape index (κ1) is 14.7. The van der Waals surface area contributed by atoms with Gasteiger partial charge in [-0.3, -0.25) is 4.90 Å². The van der Waals surface area contributed by atoms with Gasteiger partial charge in [0.25, 0.3) is 0 Å². The predicted octanol–water partition coefficient (Wildman–Crippen LogP) is 3.50. The van der Waals surface area contributed by atoms with Gasteiger partial charge in [-0.25, -0.2) is 0 Å². The number of thiophene rings is 1. The van der Waals surface area contributed by atoms with Gasteiger partial charge in [0.1, 0.15) is 0 Å². The molecule has 3 heteroatoms. The van der Waals surface area contributed by atoms with Crippen LogP contribution in [0.1, 0.15) is 46.2 Å². The molecule has 1 aromatic heterocycles. The molecule has 3 atom stereocenters. The Hall–Kier alpha value is -0.380. The SMILES string of the molecule is CC(N)C(c1ccsc1)N(C)C(C)C(C)(C)C. The van der Waals surface area contributed by atoms with E-state index in [1.807, 2.05) is 0 Å². The molecule has 0 aliphatic heterocycles. The summed E-state index contributed by atoms with van der Waals surface area (Å²) in [6.45, 7) is 11.2. The predicted molar refractivity (Wildman–Crippen MR) is 77.4 cm³/mol. The van der Waals surface area contributed by atoms with E-state index in [1.165, 1.54) is 5.56 Å². The molecule has 0 aliphatic carbocycles. The molecule has 0 aromatic carbocycles. The normalized spacial score (nSPS) is 18.1. The van der Waals surface area contributed by atoms with Crippen molar-refractivity contribution in [2.45, 2.75) is 52.7 Å². The minimum Gasteiger partial charge on any atom is -0.326 e. The molecule has 17 heavy (non-hydrogen) atoms. The smallest absolute Gasteiger partial charge is 0.0504 e. The highest BCUT2D eigenvalue weighted by Gasteiger charge is 2.31. The molecule has 1 heterocycles. The zero-order valence-electron chi connectivity index (χ0n) is 11.9. The van der Waals surface area contributed by atoms with Crippen molar-refractivity contribution in [2.75, 3.05) is 7.05 Å². The Morgan fingerprint density at radius 3 is 2.24 bits per heavy atom. The summed E-state index contributed by atoms with van der Waals surface area (Å²) in [5.74, 6) is 0. The topological polar surface area (TPSA) is 29.3 Å². The lowest BCUT2D eigenvalue weighted by Gasteiger charge is -2.41. The lowest BCUT2D eigenvalue weighted by molar-refractivity contribution is 0.0869. The van der Waals surface area contributed by atoms with E-state index in [-0.39, 0.29) is 11.5 Å². The van der Waals surface area contributed by atoms with Crippen molar-refractivity contribution in [3.05, 3.63) is 22.4 Å². The van der Waals surface area contributed by atoms with Gasteiger partial charge in [-0.1, -0.05) is 20.8 Å². The minimum atomic E-state index is 0.138. The van der Waals surface area contributed by atoms with E-state index in [0.29, 0.717) is 12.1 Å². The number of nitrogens with two attached hydrogens (primary N) is 1. The summed E-state index contributed by atoms with van der Waals surface area (Å²) in [5.41, 5.74) is 7.77. The van der Waals surface area contributed by atoms with Crippen LogP contribution in [0.15, 0.2) is 16.8 Å². The van der Waals surface area contributed by atoms with Gasteiger partial charge in [-0.15, -0.1) is 0 Å². The molecule has 0 spiro atoms. The maximum absolute atomic E-state index is 6.17. The first-order chi connectivity index (χ1) is 7.75. The summed E-state index contributed by atoms with van der Waals surface area (Å²) in [4.78, 5) is 2.41. The van der Waals surface area contributed by atoms with Crippen molar-refractivity contribution in [1.29, 1.82) is 0 Å². The first-order valence-corrected chi connectivity index (χ1v) is 7.19. The second kappa shape index (κ2) is 5.51. The quantitative estimate of drug-likeness (QED) is 0.891. The third kappa shape index (κ3) is 3.54. The van der Waals surface area contributed by atoms with E-state index in [4.69, 9.17) is 5.73 Å². The fourth-order valence-corrected chi connectivity index (χ4v) is 2.89. The molecule has 0 saturated heterocycles. The van der Waals surface area contributed by atoms with Crippen LogP contribution in [-0.4, -0.2) is 24.0 Å². The van der Waals surface area contributed by atoms with Gasteiger partial charge in [0.2, 0.25) is 0 Å². The van der Waals surface area contributed by atoms with Crippen molar-refractivity contribution in [3.8, 4) is 0 Å². The van der Waals surface area contributed by atoms with E-state index in [9.17, 15) is 0 Å². The van der Waals surface area contributed by atoms with Crippen LogP contribution >= 0.6 is 11.3 Å². The van der Waals surface area contributed by atoms with E-state index in [1.54, 1.807) is 11.3 Å². The standard InChI is InChI=1S/C14H26N2S/c1-10(15)13(12-7-8-17-9-12)16(6)11(2)14(3,4)5/h7-11,13H,15H2,1-6H3. The highest BCUT2D eigenvalue weighted by atomic mass is 32.1. The zero-order chi connectivity index (χ0) is 13.2. The number of nitrogens with zero attached hydrogens (tertiary/aromatic N) is 1. The molecule has 0 aliphatic rings. The van der Waals surface area contributed by atoms with Crippen molar-refractivity contribution in [2.24, 2.45) is 11.1 Å². The monoisotopic (exact) mass is 254 g/mol. The lowest BCUT2D eigenvalue weighted by Crippen LogP contribution is -2.46. The van der Waals surface area contributed by atoms with Crippen molar-refractivity contribution in [3.63, 3.8) is 0 Å². The van der Waals surface area contributed by atoms with Crippen LogP contribution in [-0.2, 0) is 0 Å². The van der Waals surface area contributed by atoms with Gasteiger partial charge in [-0.2, -0.15) is 11.3 Å². The Bertz CT molecular complexity index is 324. The van der Waals surface area contributed by atoms with Crippen LogP contribution in [0.4, 0.5) is 0 Å². The minimum absolute atomic E-state index is 0.138. The molecule has 1 aromatic rings. The second-order valence-electron chi connectivity index (χ2n) is 6.07. The number of hydrogen-bond acceptors (Lipinski definition) is 3. The fourth-order valence-electron chi connectivity index (χ4n) is 2.20. The molecule has 3 unspecified atom stereocenters. The van der Waals surface area contributed by atoms with Gasteiger partial charge >= 0.3 is 0 Å². The maximum Gasteiger partial charge on any atom is 0.0504 e. The van der Waals surface area contributed by atoms with Gasteiger partial charge < -0.3 is 5.73 Å². The highest BCUT2D eigenvalue weighted by molar-refractivity contribution is 7.07. The summed E-state index contributed by atoms with van der Waals surface area (Å²) >= 11 is 1.74. The summed E-state index contributed by atoms with van der Waals surface area (Å²) in [6.07, 6.45) is 0. The highest BCUT2D eigenvalue weighted by Crippen LogP contribution is 2.32. The summed E-state index contributed by atoms with van der Waals surface area (Å²) < 4.78 is 0. The van der Waals surface area contributed by atoms with Crippen LogP contribution in [0.25, 0.3) is 0 Å². The molecule has 2 N–H and O–H groups in total. The Morgan fingerprint density at radius 2 is 1.88 bits per heavy atom. The first-order valence-electron chi connectivity index (χ1n) is 6.24. The Morgan fingerprint density at radius 1 is 1.29 bits per heavy atom. The fraction of sp³-hybridized carbons (Fsp3) is 0.714. The molecule has 2 nitrogen and oxygen atoms in total. The van der Waals surface area contributed by atoms with Crippen molar-refractivity contribution < 1.29 is 0 Å². The van der Waals surface area contributed by atoms with E-state index in [2.05, 4.69) is 63.4 Å². The van der Waals surface area contributed by atoms with Crippen LogP contribution in [0.3, 0.4) is 0 Å². The Balaban J connectivity index is 2.93. The van der Waals surface area contributed by atoms with E-state index in [0.717, 1.165) is 0 Å². The molecular weight excluding hydrogens is 228 g/mol. The number of hydrogen-bond donors (Lipinski definition) is 1. The summed E-state index contributed by atoms with van der Waals surface area (Å²) in [6, 6.07) is 3.11. The molecule has 0 bridgehead atoms. The average Bonchev–Trinajstić information content (AvgIpc) is 2.67. The van der Waals surface area contributed by atoms with Crippen molar-refractivity contribution in [1.82, 2.24) is 4.90 Å². The van der Waals surface area contributed by atoms with Crippen LogP contribution in [0.5, 0.6) is 0 Å². The molecular formula is C14H26N2S. The second-order valence-corrected chi connectivity index (χ2v) is 6.85. The lowest BCUT2D eigenvalue weighted by atomic mass is 9.85. The number of likely N-dealkylation sites (N-methyl/N-ethyl adjacent to an activating group) is 1. The molecule has 0 radical (unpaired) electrons. The third-order valence-electron chi connectivity index (χ3n) is 3.69. The van der Waals surface area contributed by atoms with Crippen LogP contribution in [0.2, 0.25) is 0 Å². The zero-order valence-corrected chi connectivity index (χ0v) is 12.7. The van der Waals surface area contributed by atoms with E-state index >= 15 is 0 Å². The maximum atomic E-state index is 6.17. The molecule has 1 rings (SSSR count). The summed E-state index contributed by atoms with van der Waals surface area (Å²) in [5, 5.41) is 4.33. The van der Waals surface area contributed by atoms with E-state index < -0.39 is 0 Å². The largest absolute Gasteiger partial charge is 0.326 e. The van der Waals surface area contributed by atoms with Gasteiger partial charge in [-0.05, 0) is 48.7 Å². The molecule has 0 amide bonds. The van der Waals surface area contributed by atoms with Gasteiger partial charge in [0.05, 0.1) is 6.04 Å². The Labute approximate surface area is 110 Å².